The molecule has 0 saturated heterocycles. The molecule has 5 nitrogen and oxygen atoms in total. The molecule has 2 N–H and O–H groups in total. The minimum Gasteiger partial charge on any atom is -0.452 e. The third kappa shape index (κ3) is 4.02. The number of ether oxygens (including phenoxy) is 1. The lowest BCUT2D eigenvalue weighted by Crippen LogP contribution is -2.34. The second-order valence-electron chi connectivity index (χ2n) is 3.99. The van der Waals surface area contributed by atoms with Gasteiger partial charge in [-0.15, -0.1) is 0 Å². The van der Waals surface area contributed by atoms with Crippen LogP contribution in [0.15, 0.2) is 12.1 Å². The number of nitrogens with two attached hydrogens (primary N) is 1. The summed E-state index contributed by atoms with van der Waals surface area (Å²) in [6.07, 6.45) is 0. The van der Waals surface area contributed by atoms with E-state index in [1.807, 2.05) is 13.8 Å². The summed E-state index contributed by atoms with van der Waals surface area (Å²) in [5.41, 5.74) is 5.81. The summed E-state index contributed by atoms with van der Waals surface area (Å²) in [5, 5.41) is 0.436. The van der Waals surface area contributed by atoms with Gasteiger partial charge < -0.3 is 15.4 Å². The molecule has 1 aromatic carbocycles. The Kier molecular flexibility index (Phi) is 6.10. The molecule has 0 aliphatic rings. The molecule has 0 heterocycles. The van der Waals surface area contributed by atoms with Crippen molar-refractivity contribution in [1.29, 1.82) is 0 Å². The number of esters is 1. The van der Waals surface area contributed by atoms with Gasteiger partial charge in [0.05, 0.1) is 16.3 Å². The van der Waals surface area contributed by atoms with Crippen LogP contribution in [-0.2, 0) is 9.53 Å². The Balaban J connectivity index is 2.75. The van der Waals surface area contributed by atoms with Gasteiger partial charge in [-0.05, 0) is 26.0 Å². The van der Waals surface area contributed by atoms with Crippen LogP contribution in [0.1, 0.15) is 24.2 Å². The number of hydrogen-bond acceptors (Lipinski definition) is 4. The summed E-state index contributed by atoms with van der Waals surface area (Å²) in [7, 11) is 0. The van der Waals surface area contributed by atoms with Gasteiger partial charge in [0.15, 0.2) is 6.61 Å². The van der Waals surface area contributed by atoms with Crippen LogP contribution in [-0.4, -0.2) is 36.5 Å². The summed E-state index contributed by atoms with van der Waals surface area (Å²) in [5.74, 6) is -0.998. The van der Waals surface area contributed by atoms with E-state index < -0.39 is 5.97 Å². The van der Waals surface area contributed by atoms with Crippen LogP contribution in [0.2, 0.25) is 10.0 Å². The lowest BCUT2D eigenvalue weighted by Gasteiger charge is -2.18. The monoisotopic (exact) mass is 318 g/mol. The van der Waals surface area contributed by atoms with Crippen LogP contribution in [0.3, 0.4) is 0 Å². The maximum Gasteiger partial charge on any atom is 0.340 e. The van der Waals surface area contributed by atoms with Crippen molar-refractivity contribution < 1.29 is 14.3 Å². The molecule has 0 saturated carbocycles. The Labute approximate surface area is 127 Å². The first-order valence-electron chi connectivity index (χ1n) is 6.10. The maximum atomic E-state index is 11.9. The summed E-state index contributed by atoms with van der Waals surface area (Å²) >= 11 is 11.6. The largest absolute Gasteiger partial charge is 0.452 e. The zero-order valence-electron chi connectivity index (χ0n) is 11.3. The maximum absolute atomic E-state index is 11.9. The van der Waals surface area contributed by atoms with Gasteiger partial charge in [0.25, 0.3) is 5.91 Å². The molecule has 0 spiro atoms. The Morgan fingerprint density at radius 2 is 1.85 bits per heavy atom. The lowest BCUT2D eigenvalue weighted by atomic mass is 10.2. The minimum absolute atomic E-state index is 0.0508. The number of carbonyl (C=O) groups excluding carboxylic acids is 2. The average molecular weight is 319 g/mol. The van der Waals surface area contributed by atoms with Gasteiger partial charge in [-0.3, -0.25) is 4.79 Å². The van der Waals surface area contributed by atoms with Crippen molar-refractivity contribution in [3.8, 4) is 0 Å². The van der Waals surface area contributed by atoms with Gasteiger partial charge in [-0.25, -0.2) is 4.79 Å². The van der Waals surface area contributed by atoms with E-state index in [0.717, 1.165) is 0 Å². The molecule has 1 aromatic rings. The fourth-order valence-corrected chi connectivity index (χ4v) is 2.12. The minimum atomic E-state index is -0.729. The summed E-state index contributed by atoms with van der Waals surface area (Å²) < 4.78 is 4.94. The van der Waals surface area contributed by atoms with Gasteiger partial charge in [0.2, 0.25) is 0 Å². The van der Waals surface area contributed by atoms with Crippen molar-refractivity contribution in [1.82, 2.24) is 4.90 Å². The highest BCUT2D eigenvalue weighted by Crippen LogP contribution is 2.27. The van der Waals surface area contributed by atoms with Crippen molar-refractivity contribution in [2.45, 2.75) is 13.8 Å². The Morgan fingerprint density at radius 1 is 1.25 bits per heavy atom. The fraction of sp³-hybridized carbons (Fsp3) is 0.385. The van der Waals surface area contributed by atoms with Crippen LogP contribution < -0.4 is 5.73 Å². The predicted molar refractivity (Wildman–Crippen MR) is 79.1 cm³/mol. The van der Waals surface area contributed by atoms with E-state index in [2.05, 4.69) is 0 Å². The van der Waals surface area contributed by atoms with Crippen LogP contribution >= 0.6 is 23.2 Å². The van der Waals surface area contributed by atoms with Crippen LogP contribution in [0, 0.1) is 0 Å². The second kappa shape index (κ2) is 7.36. The van der Waals surface area contributed by atoms with Crippen LogP contribution in [0.4, 0.5) is 5.69 Å². The van der Waals surface area contributed by atoms with Gasteiger partial charge in [-0.2, -0.15) is 0 Å². The number of amides is 1. The first-order chi connectivity index (χ1) is 9.40. The van der Waals surface area contributed by atoms with E-state index in [1.54, 1.807) is 4.90 Å². The van der Waals surface area contributed by atoms with E-state index in [9.17, 15) is 9.59 Å². The zero-order chi connectivity index (χ0) is 15.3. The molecule has 0 bridgehead atoms. The highest BCUT2D eigenvalue weighted by molar-refractivity contribution is 6.37. The highest BCUT2D eigenvalue weighted by atomic mass is 35.5. The Bertz CT molecular complexity index is 517. The number of nitrogens with zero attached hydrogens (tertiary/aromatic N) is 1. The van der Waals surface area contributed by atoms with E-state index in [1.165, 1.54) is 12.1 Å². The predicted octanol–water partition coefficient (Wildman–Crippen LogP) is 2.60. The third-order valence-corrected chi connectivity index (χ3v) is 3.29. The number of halogens is 2. The number of benzene rings is 1. The molecule has 110 valence electrons. The standard InChI is InChI=1S/C13H16Cl2N2O3/c1-3-17(4-2)11(18)7-20-13(19)9-5-8(14)6-10(15)12(9)16/h5-6H,3-4,7,16H2,1-2H3. The number of rotatable bonds is 5. The SMILES string of the molecule is CCN(CC)C(=O)COC(=O)c1cc(Cl)cc(Cl)c1N. The van der Waals surface area contributed by atoms with Gasteiger partial charge in [0, 0.05) is 18.1 Å². The van der Waals surface area contributed by atoms with Crippen molar-refractivity contribution in [2.24, 2.45) is 0 Å². The topological polar surface area (TPSA) is 72.6 Å². The number of carbonyl (C=O) groups is 2. The van der Waals surface area contributed by atoms with E-state index in [0.29, 0.717) is 13.1 Å². The molecule has 0 aliphatic heterocycles. The normalized spacial score (nSPS) is 10.2. The Morgan fingerprint density at radius 3 is 2.40 bits per heavy atom. The molecule has 0 unspecified atom stereocenters. The second-order valence-corrected chi connectivity index (χ2v) is 4.83. The van der Waals surface area contributed by atoms with Gasteiger partial charge >= 0.3 is 5.97 Å². The van der Waals surface area contributed by atoms with E-state index in [4.69, 9.17) is 33.7 Å². The molecular weight excluding hydrogens is 303 g/mol. The molecule has 20 heavy (non-hydrogen) atoms. The van der Waals surface area contributed by atoms with Gasteiger partial charge in [0.1, 0.15) is 0 Å². The highest BCUT2D eigenvalue weighted by Gasteiger charge is 2.18. The molecule has 0 aliphatic carbocycles. The summed E-state index contributed by atoms with van der Waals surface area (Å²) in [6.45, 7) is 4.45. The zero-order valence-corrected chi connectivity index (χ0v) is 12.8. The van der Waals surface area contributed by atoms with Crippen LogP contribution in [0.25, 0.3) is 0 Å². The molecular formula is C13H16Cl2N2O3. The number of anilines is 1. The molecule has 0 radical (unpaired) electrons. The van der Waals surface area contributed by atoms with Crippen molar-refractivity contribution in [3.05, 3.63) is 27.7 Å². The van der Waals surface area contributed by atoms with Crippen molar-refractivity contribution in [3.63, 3.8) is 0 Å². The smallest absolute Gasteiger partial charge is 0.340 e. The first kappa shape index (κ1) is 16.6. The van der Waals surface area contributed by atoms with Gasteiger partial charge in [-0.1, -0.05) is 23.2 Å². The van der Waals surface area contributed by atoms with Crippen molar-refractivity contribution >= 4 is 40.8 Å². The number of likely N-dealkylation sites (N-methyl/N-ethyl adjacent to an activating group) is 1. The van der Waals surface area contributed by atoms with E-state index >= 15 is 0 Å². The number of nitrogen functional groups attached to an aromatic ring is 1. The van der Waals surface area contributed by atoms with Crippen molar-refractivity contribution in [2.75, 3.05) is 25.4 Å². The number of hydrogen-bond donors (Lipinski definition) is 1. The average Bonchev–Trinajstić information content (AvgIpc) is 2.41. The fourth-order valence-electron chi connectivity index (χ4n) is 1.63. The quantitative estimate of drug-likeness (QED) is 0.669. The summed E-state index contributed by atoms with van der Waals surface area (Å²) in [4.78, 5) is 25.2. The molecule has 1 amide bonds. The molecule has 0 fully saturated rings. The van der Waals surface area contributed by atoms with Crippen LogP contribution in [0.5, 0.6) is 0 Å². The molecule has 7 heteroatoms. The molecule has 0 aromatic heterocycles. The lowest BCUT2D eigenvalue weighted by molar-refractivity contribution is -0.134. The summed E-state index contributed by atoms with van der Waals surface area (Å²) in [6, 6.07) is 2.78. The third-order valence-electron chi connectivity index (χ3n) is 2.76. The first-order valence-corrected chi connectivity index (χ1v) is 6.85. The molecule has 0 atom stereocenters. The van der Waals surface area contributed by atoms with E-state index in [-0.39, 0.29) is 33.8 Å². The molecule has 1 rings (SSSR count). The Hall–Kier alpha value is -1.46.